The number of imide groups is 1. The Balaban J connectivity index is 1.33. The first-order chi connectivity index (χ1) is 16.8. The molecule has 1 heterocycles. The number of hydrogen-bond donors (Lipinski definition) is 1. The molecular formula is C27H23BrN2O4S. The molecule has 0 atom stereocenters. The Morgan fingerprint density at radius 2 is 1.71 bits per heavy atom. The molecule has 1 fully saturated rings. The van der Waals surface area contributed by atoms with Crippen molar-refractivity contribution in [3.63, 3.8) is 0 Å². The van der Waals surface area contributed by atoms with Crippen molar-refractivity contribution in [3.8, 4) is 5.75 Å². The Morgan fingerprint density at radius 1 is 1.00 bits per heavy atom. The zero-order valence-corrected chi connectivity index (χ0v) is 21.6. The normalized spacial score (nSPS) is 14.5. The number of carbonyl (C=O) groups is 3. The molecule has 0 saturated carbocycles. The molecule has 6 nitrogen and oxygen atoms in total. The number of ether oxygens (including phenoxy) is 1. The van der Waals surface area contributed by atoms with E-state index in [0.29, 0.717) is 10.7 Å². The van der Waals surface area contributed by atoms with Crippen LogP contribution in [0.25, 0.3) is 6.08 Å². The molecule has 1 aliphatic heterocycles. The second-order valence-electron chi connectivity index (χ2n) is 8.10. The highest BCUT2D eigenvalue weighted by atomic mass is 79.9. The number of anilines is 1. The van der Waals surface area contributed by atoms with Gasteiger partial charge in [-0.05, 0) is 90.3 Å². The van der Waals surface area contributed by atoms with Crippen molar-refractivity contribution >= 4 is 56.5 Å². The highest BCUT2D eigenvalue weighted by Gasteiger charge is 2.34. The van der Waals surface area contributed by atoms with Crippen LogP contribution in [-0.4, -0.2) is 28.6 Å². The van der Waals surface area contributed by atoms with Gasteiger partial charge in [0.2, 0.25) is 0 Å². The lowest BCUT2D eigenvalue weighted by Crippen LogP contribution is -2.27. The highest BCUT2D eigenvalue weighted by molar-refractivity contribution is 9.10. The van der Waals surface area contributed by atoms with Gasteiger partial charge in [0.25, 0.3) is 17.1 Å². The maximum atomic E-state index is 12.8. The number of halogens is 1. The van der Waals surface area contributed by atoms with E-state index in [1.807, 2.05) is 56.3 Å². The molecule has 0 aromatic heterocycles. The standard InChI is InChI=1S/C27H23BrN2O4S/c1-17-3-10-22(13-18(17)2)29-25(31)16-34-23-11-6-19(7-12-23)14-24-26(32)30(27(33)35-24)15-20-4-8-21(28)9-5-20/h3-14H,15-16H2,1-2H3,(H,29,31)/b24-14-. The molecule has 0 bridgehead atoms. The summed E-state index contributed by atoms with van der Waals surface area (Å²) in [6.07, 6.45) is 1.68. The molecule has 1 aliphatic rings. The summed E-state index contributed by atoms with van der Waals surface area (Å²) in [5.41, 5.74) is 4.62. The molecule has 0 radical (unpaired) electrons. The van der Waals surface area contributed by atoms with Crippen LogP contribution in [0.3, 0.4) is 0 Å². The van der Waals surface area contributed by atoms with Crippen LogP contribution in [0.15, 0.2) is 76.1 Å². The molecule has 3 aromatic carbocycles. The van der Waals surface area contributed by atoms with E-state index in [9.17, 15) is 14.4 Å². The minimum absolute atomic E-state index is 0.124. The quantitative estimate of drug-likeness (QED) is 0.348. The number of carbonyl (C=O) groups excluding carboxylic acids is 3. The number of thioether (sulfide) groups is 1. The molecule has 178 valence electrons. The van der Waals surface area contributed by atoms with Gasteiger partial charge in [0.15, 0.2) is 6.61 Å². The van der Waals surface area contributed by atoms with E-state index < -0.39 is 0 Å². The van der Waals surface area contributed by atoms with Crippen LogP contribution in [0.5, 0.6) is 5.75 Å². The fraction of sp³-hybridized carbons (Fsp3) is 0.148. The van der Waals surface area contributed by atoms with E-state index >= 15 is 0 Å². The third-order valence-corrected chi connectivity index (χ3v) is 6.90. The monoisotopic (exact) mass is 550 g/mol. The Bertz CT molecular complexity index is 1300. The maximum absolute atomic E-state index is 12.8. The highest BCUT2D eigenvalue weighted by Crippen LogP contribution is 2.33. The van der Waals surface area contributed by atoms with E-state index in [1.54, 1.807) is 30.3 Å². The van der Waals surface area contributed by atoms with Crippen molar-refractivity contribution < 1.29 is 19.1 Å². The summed E-state index contributed by atoms with van der Waals surface area (Å²) in [6, 6.07) is 20.2. The molecule has 35 heavy (non-hydrogen) atoms. The van der Waals surface area contributed by atoms with E-state index in [4.69, 9.17) is 4.74 Å². The van der Waals surface area contributed by atoms with Crippen molar-refractivity contribution in [2.45, 2.75) is 20.4 Å². The van der Waals surface area contributed by atoms with Gasteiger partial charge in [-0.1, -0.05) is 46.3 Å². The van der Waals surface area contributed by atoms with Gasteiger partial charge in [-0.15, -0.1) is 0 Å². The fourth-order valence-electron chi connectivity index (χ4n) is 3.39. The minimum atomic E-state index is -0.314. The molecule has 3 aromatic rings. The van der Waals surface area contributed by atoms with Crippen LogP contribution >= 0.6 is 27.7 Å². The van der Waals surface area contributed by atoms with Gasteiger partial charge >= 0.3 is 0 Å². The van der Waals surface area contributed by atoms with E-state index in [0.717, 1.165) is 44.2 Å². The molecular weight excluding hydrogens is 528 g/mol. The fourth-order valence-corrected chi connectivity index (χ4v) is 4.49. The first-order valence-electron chi connectivity index (χ1n) is 10.9. The second-order valence-corrected chi connectivity index (χ2v) is 10.0. The summed E-state index contributed by atoms with van der Waals surface area (Å²) in [5, 5.41) is 2.53. The summed E-state index contributed by atoms with van der Waals surface area (Å²) < 4.78 is 6.51. The van der Waals surface area contributed by atoms with Crippen LogP contribution in [-0.2, 0) is 16.1 Å². The average Bonchev–Trinajstić information content (AvgIpc) is 3.09. The lowest BCUT2D eigenvalue weighted by Gasteiger charge is -2.12. The van der Waals surface area contributed by atoms with Crippen LogP contribution in [0.4, 0.5) is 10.5 Å². The first-order valence-corrected chi connectivity index (χ1v) is 12.5. The van der Waals surface area contributed by atoms with Crippen molar-refractivity contribution in [1.82, 2.24) is 4.90 Å². The van der Waals surface area contributed by atoms with Crippen molar-refractivity contribution in [2.24, 2.45) is 0 Å². The van der Waals surface area contributed by atoms with Crippen LogP contribution in [0, 0.1) is 13.8 Å². The number of hydrogen-bond acceptors (Lipinski definition) is 5. The average molecular weight is 551 g/mol. The van der Waals surface area contributed by atoms with Gasteiger partial charge in [-0.3, -0.25) is 19.3 Å². The largest absolute Gasteiger partial charge is 0.484 e. The Labute approximate surface area is 216 Å². The molecule has 0 spiro atoms. The van der Waals surface area contributed by atoms with Crippen LogP contribution in [0.2, 0.25) is 0 Å². The molecule has 0 aliphatic carbocycles. The zero-order valence-electron chi connectivity index (χ0n) is 19.2. The summed E-state index contributed by atoms with van der Waals surface area (Å²) >= 11 is 4.30. The molecule has 1 saturated heterocycles. The van der Waals surface area contributed by atoms with Gasteiger partial charge in [0.1, 0.15) is 5.75 Å². The topological polar surface area (TPSA) is 75.7 Å². The molecule has 8 heteroatoms. The number of nitrogens with one attached hydrogen (secondary N) is 1. The first kappa shape index (κ1) is 24.8. The smallest absolute Gasteiger partial charge is 0.293 e. The Morgan fingerprint density at radius 3 is 2.40 bits per heavy atom. The number of rotatable bonds is 7. The van der Waals surface area contributed by atoms with E-state index in [-0.39, 0.29) is 30.2 Å². The van der Waals surface area contributed by atoms with E-state index in [1.165, 1.54) is 4.90 Å². The lowest BCUT2D eigenvalue weighted by atomic mass is 10.1. The van der Waals surface area contributed by atoms with Gasteiger partial charge in [0, 0.05) is 10.2 Å². The summed E-state index contributed by atoms with van der Waals surface area (Å²) in [4.78, 5) is 39.0. The summed E-state index contributed by atoms with van der Waals surface area (Å²) in [6.45, 7) is 4.11. The second kappa shape index (κ2) is 10.9. The van der Waals surface area contributed by atoms with Gasteiger partial charge in [-0.25, -0.2) is 0 Å². The molecule has 0 unspecified atom stereocenters. The van der Waals surface area contributed by atoms with Gasteiger partial charge in [0.05, 0.1) is 11.4 Å². The van der Waals surface area contributed by atoms with Crippen LogP contribution in [0.1, 0.15) is 22.3 Å². The Hall–Kier alpha value is -3.36. The van der Waals surface area contributed by atoms with Crippen molar-refractivity contribution in [1.29, 1.82) is 0 Å². The minimum Gasteiger partial charge on any atom is -0.484 e. The van der Waals surface area contributed by atoms with Crippen LogP contribution < -0.4 is 10.1 Å². The van der Waals surface area contributed by atoms with E-state index in [2.05, 4.69) is 21.2 Å². The lowest BCUT2D eigenvalue weighted by molar-refractivity contribution is -0.123. The van der Waals surface area contributed by atoms with Gasteiger partial charge < -0.3 is 10.1 Å². The zero-order chi connectivity index (χ0) is 24.9. The summed E-state index contributed by atoms with van der Waals surface area (Å²) in [7, 11) is 0. The molecule has 4 rings (SSSR count). The number of aryl methyl sites for hydroxylation is 2. The Kier molecular flexibility index (Phi) is 7.73. The van der Waals surface area contributed by atoms with Crippen molar-refractivity contribution in [2.75, 3.05) is 11.9 Å². The number of amides is 3. The van der Waals surface area contributed by atoms with Crippen molar-refractivity contribution in [3.05, 3.63) is 98.4 Å². The molecule has 3 amide bonds. The maximum Gasteiger partial charge on any atom is 0.293 e. The summed E-state index contributed by atoms with van der Waals surface area (Å²) in [5.74, 6) is -0.0382. The SMILES string of the molecule is Cc1ccc(NC(=O)COc2ccc(/C=C3\SC(=O)N(Cc4ccc(Br)cc4)C3=O)cc2)cc1C. The predicted octanol–water partition coefficient (Wildman–Crippen LogP) is 6.32. The number of benzene rings is 3. The third kappa shape index (κ3) is 6.41. The molecule has 1 N–H and O–H groups in total. The van der Waals surface area contributed by atoms with Gasteiger partial charge in [-0.2, -0.15) is 0 Å². The number of nitrogens with zero attached hydrogens (tertiary/aromatic N) is 1. The predicted molar refractivity (Wildman–Crippen MR) is 142 cm³/mol. The third-order valence-electron chi connectivity index (χ3n) is 5.47.